The number of benzene rings is 9. The van der Waals surface area contributed by atoms with E-state index in [1.54, 1.807) is 0 Å². The van der Waals surface area contributed by atoms with Crippen molar-refractivity contribution in [3.05, 3.63) is 223 Å². The normalized spacial score (nSPS) is 12.6. The minimum Gasteiger partial charge on any atom is -0.310 e. The number of anilines is 3. The fraction of sp³-hybridized carbons (Fsp3) is 0.0714. The van der Waals surface area contributed by atoms with Gasteiger partial charge in [-0.1, -0.05) is 177 Å². The van der Waals surface area contributed by atoms with E-state index in [1.807, 2.05) is 0 Å². The van der Waals surface area contributed by atoms with Crippen molar-refractivity contribution >= 4 is 27.8 Å². The zero-order valence-electron chi connectivity index (χ0n) is 32.6. The Balaban J connectivity index is 1.27. The molecule has 0 heterocycles. The summed E-state index contributed by atoms with van der Waals surface area (Å²) in [7, 11) is 0. The lowest BCUT2D eigenvalue weighted by Gasteiger charge is -2.30. The van der Waals surface area contributed by atoms with Crippen LogP contribution in [-0.2, 0) is 5.41 Å². The Morgan fingerprint density at radius 1 is 0.351 bits per heavy atom. The summed E-state index contributed by atoms with van der Waals surface area (Å²) in [6, 6.07) is 76.0. The first-order chi connectivity index (χ1) is 27.9. The minimum absolute atomic E-state index is 0.137. The molecular weight excluding hydrogens is 687 g/mol. The van der Waals surface area contributed by atoms with E-state index in [1.165, 1.54) is 83.1 Å². The van der Waals surface area contributed by atoms with Crippen LogP contribution < -0.4 is 4.90 Å². The second-order valence-corrected chi connectivity index (χ2v) is 15.9. The highest BCUT2D eigenvalue weighted by molar-refractivity contribution is 6.07. The zero-order valence-corrected chi connectivity index (χ0v) is 32.6. The van der Waals surface area contributed by atoms with Crippen molar-refractivity contribution < 1.29 is 0 Å². The first-order valence-electron chi connectivity index (χ1n) is 19.9. The molecule has 0 saturated heterocycles. The van der Waals surface area contributed by atoms with Gasteiger partial charge in [0.2, 0.25) is 0 Å². The fourth-order valence-electron chi connectivity index (χ4n) is 8.89. The summed E-state index contributed by atoms with van der Waals surface area (Å²) in [6.07, 6.45) is 0. The lowest BCUT2D eigenvalue weighted by Crippen LogP contribution is -2.16. The van der Waals surface area contributed by atoms with Crippen molar-refractivity contribution in [3.63, 3.8) is 0 Å². The van der Waals surface area contributed by atoms with E-state index in [4.69, 9.17) is 0 Å². The molecule has 0 bridgehead atoms. The van der Waals surface area contributed by atoms with Crippen molar-refractivity contribution in [1.29, 1.82) is 0 Å². The summed E-state index contributed by atoms with van der Waals surface area (Å²) >= 11 is 0. The van der Waals surface area contributed by atoms with E-state index >= 15 is 0 Å². The van der Waals surface area contributed by atoms with Gasteiger partial charge in [-0.15, -0.1) is 0 Å². The average Bonchev–Trinajstić information content (AvgIpc) is 3.50. The molecule has 0 atom stereocenters. The van der Waals surface area contributed by atoms with Gasteiger partial charge in [-0.05, 0) is 128 Å². The Kier molecular flexibility index (Phi) is 8.46. The molecule has 272 valence electrons. The van der Waals surface area contributed by atoms with E-state index in [-0.39, 0.29) is 5.41 Å². The molecule has 0 aliphatic heterocycles. The van der Waals surface area contributed by atoms with Gasteiger partial charge >= 0.3 is 0 Å². The highest BCUT2D eigenvalue weighted by atomic mass is 15.1. The SMILES string of the molecule is Cc1ccc(-c2cc3c(N(c4ccc(-c5ccccc5)cc4)c4ccc5c(c4)C(C)(C)c4ccccc4-5)cc(-c4ccccc4)cc3cc2-c2ccccc2)cc1. The fourth-order valence-corrected chi connectivity index (χ4v) is 8.89. The lowest BCUT2D eigenvalue weighted by atomic mass is 9.82. The molecule has 9 aromatic carbocycles. The number of aryl methyl sites for hydroxylation is 1. The average molecular weight is 730 g/mol. The largest absolute Gasteiger partial charge is 0.310 e. The van der Waals surface area contributed by atoms with Gasteiger partial charge in [0, 0.05) is 22.2 Å². The maximum Gasteiger partial charge on any atom is 0.0546 e. The van der Waals surface area contributed by atoms with Crippen molar-refractivity contribution in [1.82, 2.24) is 0 Å². The molecule has 1 aliphatic rings. The Hall–Kier alpha value is -6.96. The molecule has 1 nitrogen and oxygen atoms in total. The van der Waals surface area contributed by atoms with Crippen molar-refractivity contribution in [2.45, 2.75) is 26.2 Å². The smallest absolute Gasteiger partial charge is 0.0546 e. The van der Waals surface area contributed by atoms with E-state index in [0.29, 0.717) is 0 Å². The summed E-state index contributed by atoms with van der Waals surface area (Å²) in [5.41, 5.74) is 19.5. The number of hydrogen-bond acceptors (Lipinski definition) is 1. The zero-order chi connectivity index (χ0) is 38.5. The summed E-state index contributed by atoms with van der Waals surface area (Å²) < 4.78 is 0. The second-order valence-electron chi connectivity index (χ2n) is 15.9. The Morgan fingerprint density at radius 2 is 0.860 bits per heavy atom. The first-order valence-corrected chi connectivity index (χ1v) is 19.9. The van der Waals surface area contributed by atoms with E-state index in [0.717, 1.165) is 17.1 Å². The van der Waals surface area contributed by atoms with Crippen LogP contribution in [0.4, 0.5) is 17.1 Å². The van der Waals surface area contributed by atoms with Gasteiger partial charge in [-0.2, -0.15) is 0 Å². The molecule has 0 unspecified atom stereocenters. The van der Waals surface area contributed by atoms with Gasteiger partial charge in [-0.25, -0.2) is 0 Å². The van der Waals surface area contributed by atoms with Crippen molar-refractivity contribution in [3.8, 4) is 55.6 Å². The molecule has 10 rings (SSSR count). The van der Waals surface area contributed by atoms with Crippen LogP contribution >= 0.6 is 0 Å². The third-order valence-electron chi connectivity index (χ3n) is 11.9. The number of rotatable bonds is 7. The maximum atomic E-state index is 2.49. The Labute approximate surface area is 336 Å². The highest BCUT2D eigenvalue weighted by Crippen LogP contribution is 2.52. The number of fused-ring (bicyclic) bond motifs is 4. The highest BCUT2D eigenvalue weighted by Gasteiger charge is 2.36. The molecule has 0 spiro atoms. The van der Waals surface area contributed by atoms with Crippen LogP contribution in [0, 0.1) is 6.92 Å². The van der Waals surface area contributed by atoms with Crippen LogP contribution in [0.3, 0.4) is 0 Å². The van der Waals surface area contributed by atoms with Crippen LogP contribution in [0.25, 0.3) is 66.4 Å². The van der Waals surface area contributed by atoms with Gasteiger partial charge in [0.25, 0.3) is 0 Å². The molecule has 0 saturated carbocycles. The molecule has 0 aromatic heterocycles. The van der Waals surface area contributed by atoms with Gasteiger partial charge < -0.3 is 4.90 Å². The van der Waals surface area contributed by atoms with Crippen LogP contribution in [0.1, 0.15) is 30.5 Å². The lowest BCUT2D eigenvalue weighted by molar-refractivity contribution is 0.660. The van der Waals surface area contributed by atoms with Gasteiger partial charge in [-0.3, -0.25) is 0 Å². The third kappa shape index (κ3) is 6.13. The summed E-state index contributed by atoms with van der Waals surface area (Å²) in [5.74, 6) is 0. The molecule has 0 N–H and O–H groups in total. The molecular formula is C56H43N. The molecule has 0 radical (unpaired) electrons. The third-order valence-corrected chi connectivity index (χ3v) is 11.9. The van der Waals surface area contributed by atoms with E-state index < -0.39 is 0 Å². The predicted molar refractivity (Wildman–Crippen MR) is 243 cm³/mol. The molecule has 57 heavy (non-hydrogen) atoms. The quantitative estimate of drug-likeness (QED) is 0.158. The van der Waals surface area contributed by atoms with Gasteiger partial charge in [0.05, 0.1) is 5.69 Å². The summed E-state index contributed by atoms with van der Waals surface area (Å²) in [6.45, 7) is 6.89. The van der Waals surface area contributed by atoms with Crippen LogP contribution in [0.15, 0.2) is 206 Å². The van der Waals surface area contributed by atoms with Crippen molar-refractivity contribution in [2.24, 2.45) is 0 Å². The number of nitrogens with zero attached hydrogens (tertiary/aromatic N) is 1. The Morgan fingerprint density at radius 3 is 1.54 bits per heavy atom. The van der Waals surface area contributed by atoms with E-state index in [9.17, 15) is 0 Å². The topological polar surface area (TPSA) is 3.24 Å². The maximum absolute atomic E-state index is 2.49. The van der Waals surface area contributed by atoms with Crippen LogP contribution in [0.5, 0.6) is 0 Å². The first kappa shape index (κ1) is 34.5. The standard InChI is InChI=1S/C56H43N/c1-38-23-25-43(26-24-38)51-37-52-45(34-50(51)42-19-11-6-12-20-42)33-44(40-17-9-5-10-18-40)35-55(52)57(46-29-27-41(28-30-46)39-15-7-4-8-16-39)47-31-32-49-48-21-13-14-22-53(48)56(2,3)54(49)36-47/h4-37H,1-3H3. The molecule has 0 amide bonds. The summed E-state index contributed by atoms with van der Waals surface area (Å²) in [4.78, 5) is 2.49. The minimum atomic E-state index is -0.137. The number of hydrogen-bond donors (Lipinski definition) is 0. The molecule has 1 aliphatic carbocycles. The van der Waals surface area contributed by atoms with E-state index in [2.05, 4.69) is 232 Å². The predicted octanol–water partition coefficient (Wildman–Crippen LogP) is 15.6. The second kappa shape index (κ2) is 14.0. The molecule has 9 aromatic rings. The van der Waals surface area contributed by atoms with Crippen LogP contribution in [-0.4, -0.2) is 0 Å². The Bertz CT molecular complexity index is 2890. The monoisotopic (exact) mass is 729 g/mol. The van der Waals surface area contributed by atoms with Crippen molar-refractivity contribution in [2.75, 3.05) is 4.90 Å². The summed E-state index contributed by atoms with van der Waals surface area (Å²) in [5, 5.41) is 2.39. The molecule has 1 heteroatoms. The molecule has 0 fully saturated rings. The van der Waals surface area contributed by atoms with Gasteiger partial charge in [0.15, 0.2) is 0 Å². The van der Waals surface area contributed by atoms with Crippen LogP contribution in [0.2, 0.25) is 0 Å². The van der Waals surface area contributed by atoms with Gasteiger partial charge in [0.1, 0.15) is 0 Å².